The topological polar surface area (TPSA) is 226 Å². The normalized spacial score (nSPS) is 13.2. The Morgan fingerprint density at radius 2 is 1.70 bits per heavy atom. The molecule has 5 rings (SSSR count). The number of fused-ring (bicyclic) bond motifs is 1. The number of aryl methyl sites for hydroxylation is 2. The Bertz CT molecular complexity index is 2020. The van der Waals surface area contributed by atoms with E-state index in [1.54, 1.807) is 25.3 Å². The molecule has 1 aromatic carbocycles. The summed E-state index contributed by atoms with van der Waals surface area (Å²) in [5.74, 6) is -2.65. The van der Waals surface area contributed by atoms with E-state index in [0.717, 1.165) is 40.8 Å². The van der Waals surface area contributed by atoms with E-state index in [1.807, 2.05) is 42.7 Å². The minimum absolute atomic E-state index is 0.0598. The standard InChI is InChI=1S/C34H44ClN9O6.C2HF3O2/c1-5-43-25-18-22(21-7-8-26(38-19-21)50-23-9-13-49-14-10-23)17-24(34(46)42(11-15-47-3)12-16-48-4)29(25)44(6-2)27(43)20-39-33(45)28-31(36)41-32(37)30(35)40-28;3-2(4,5)1(6)7/h7-8,17-19,23H,5-6,9-16,20H2,1-4H3,(H4-,36,37,39,41,45);(H,6,7). The van der Waals surface area contributed by atoms with Crippen molar-refractivity contribution in [2.24, 2.45) is 0 Å². The number of hydrogen-bond donors (Lipinski definition) is 3. The van der Waals surface area contributed by atoms with Crippen molar-refractivity contribution in [1.29, 1.82) is 0 Å². The Balaban J connectivity index is 0.000000940. The predicted molar refractivity (Wildman–Crippen MR) is 199 cm³/mol. The number of rotatable bonds is 15. The SMILES string of the molecule is CCn1c(CNC(=O)c2nc(Cl)c(N)nc2N)[n+](CC)c2c(C(=O)N(CCOC)CCOC)cc(-c3ccc(OC4CCOCC4)nc3)cc21.O=C([O-])C(F)(F)F. The van der Waals surface area contributed by atoms with Crippen LogP contribution in [0, 0.1) is 0 Å². The van der Waals surface area contributed by atoms with Gasteiger partial charge < -0.3 is 50.5 Å². The van der Waals surface area contributed by atoms with Crippen LogP contribution >= 0.6 is 11.6 Å². The van der Waals surface area contributed by atoms with E-state index >= 15 is 0 Å². The number of nitrogens with zero attached hydrogens (tertiary/aromatic N) is 6. The van der Waals surface area contributed by atoms with Gasteiger partial charge in [0.1, 0.15) is 18.6 Å². The van der Waals surface area contributed by atoms with Crippen molar-refractivity contribution >= 4 is 52.1 Å². The number of methoxy groups -OCH3 is 2. The molecule has 4 heterocycles. The average molecular weight is 824 g/mol. The number of ether oxygens (including phenoxy) is 4. The van der Waals surface area contributed by atoms with Gasteiger partial charge in [0, 0.05) is 58.0 Å². The molecule has 0 aliphatic carbocycles. The third-order valence-electron chi connectivity index (χ3n) is 8.84. The molecule has 5 N–H and O–H groups in total. The van der Waals surface area contributed by atoms with Gasteiger partial charge in [0.25, 0.3) is 17.6 Å². The fourth-order valence-electron chi connectivity index (χ4n) is 6.06. The van der Waals surface area contributed by atoms with Gasteiger partial charge >= 0.3 is 6.18 Å². The number of benzene rings is 1. The second-order valence-corrected chi connectivity index (χ2v) is 12.8. The predicted octanol–water partition coefficient (Wildman–Crippen LogP) is 2.16. The minimum atomic E-state index is -5.19. The number of halogens is 4. The molecule has 0 bridgehead atoms. The number of carboxylic acids is 1. The molecular weight excluding hydrogens is 779 g/mol. The average Bonchev–Trinajstić information content (AvgIpc) is 3.50. The number of alkyl halides is 3. The number of nitrogen functional groups attached to an aromatic ring is 2. The minimum Gasteiger partial charge on any atom is -0.542 e. The molecule has 310 valence electrons. The zero-order valence-electron chi connectivity index (χ0n) is 31.9. The number of carboxylic acid groups (broad SMARTS) is 1. The van der Waals surface area contributed by atoms with Gasteiger partial charge in [-0.1, -0.05) is 11.6 Å². The Morgan fingerprint density at radius 3 is 2.25 bits per heavy atom. The van der Waals surface area contributed by atoms with Crippen molar-refractivity contribution in [1.82, 2.24) is 29.7 Å². The van der Waals surface area contributed by atoms with Crippen LogP contribution in [0.25, 0.3) is 22.2 Å². The lowest BCUT2D eigenvalue weighted by Crippen LogP contribution is -2.42. The van der Waals surface area contributed by atoms with E-state index < -0.39 is 18.1 Å². The van der Waals surface area contributed by atoms with Gasteiger partial charge in [0.15, 0.2) is 33.5 Å². The first kappa shape index (κ1) is 44.4. The van der Waals surface area contributed by atoms with Crippen molar-refractivity contribution in [3.63, 3.8) is 0 Å². The molecule has 0 saturated carbocycles. The highest BCUT2D eigenvalue weighted by molar-refractivity contribution is 6.31. The van der Waals surface area contributed by atoms with Crippen LogP contribution in [0.3, 0.4) is 0 Å². The van der Waals surface area contributed by atoms with Gasteiger partial charge in [0.2, 0.25) is 5.88 Å². The number of hydrogen-bond acceptors (Lipinski definition) is 13. The number of nitrogens with two attached hydrogens (primary N) is 2. The van der Waals surface area contributed by atoms with E-state index in [9.17, 15) is 22.8 Å². The first-order chi connectivity index (χ1) is 27.1. The zero-order valence-corrected chi connectivity index (χ0v) is 32.6. The smallest absolute Gasteiger partial charge is 0.430 e. The maximum absolute atomic E-state index is 14.5. The highest BCUT2D eigenvalue weighted by atomic mass is 35.5. The lowest BCUT2D eigenvalue weighted by atomic mass is 10.0. The maximum atomic E-state index is 14.5. The molecule has 4 aromatic rings. The summed E-state index contributed by atoms with van der Waals surface area (Å²) in [5, 5.41) is 11.6. The quantitative estimate of drug-likeness (QED) is 0.146. The Morgan fingerprint density at radius 1 is 1.05 bits per heavy atom. The number of amides is 2. The molecule has 0 radical (unpaired) electrons. The molecule has 57 heavy (non-hydrogen) atoms. The molecule has 1 aliphatic heterocycles. The number of carbonyl (C=O) groups is 3. The van der Waals surface area contributed by atoms with E-state index in [4.69, 9.17) is 51.9 Å². The number of aromatic nitrogens is 5. The molecule has 21 heteroatoms. The third kappa shape index (κ3) is 11.2. The molecule has 1 fully saturated rings. The lowest BCUT2D eigenvalue weighted by Gasteiger charge is -2.23. The van der Waals surface area contributed by atoms with Crippen LogP contribution in [-0.4, -0.2) is 108 Å². The first-order valence-electron chi connectivity index (χ1n) is 17.9. The second-order valence-electron chi connectivity index (χ2n) is 12.5. The molecule has 3 aromatic heterocycles. The van der Waals surface area contributed by atoms with Crippen LogP contribution < -0.4 is 31.2 Å². The van der Waals surface area contributed by atoms with Gasteiger partial charge in [-0.05, 0) is 37.6 Å². The third-order valence-corrected chi connectivity index (χ3v) is 9.12. The van der Waals surface area contributed by atoms with Crippen molar-refractivity contribution in [3.05, 3.63) is 52.7 Å². The van der Waals surface area contributed by atoms with E-state index in [-0.39, 0.29) is 41.0 Å². The number of aliphatic carboxylic acids is 1. The molecule has 1 saturated heterocycles. The molecule has 0 spiro atoms. The Labute approximate surface area is 331 Å². The Kier molecular flexibility index (Phi) is 15.7. The highest BCUT2D eigenvalue weighted by Gasteiger charge is 2.32. The maximum Gasteiger partial charge on any atom is 0.430 e. The molecule has 1 aliphatic rings. The van der Waals surface area contributed by atoms with Gasteiger partial charge in [-0.25, -0.2) is 24.1 Å². The first-order valence-corrected chi connectivity index (χ1v) is 18.2. The van der Waals surface area contributed by atoms with Gasteiger partial charge in [-0.2, -0.15) is 13.2 Å². The number of imidazole rings is 1. The van der Waals surface area contributed by atoms with Crippen molar-refractivity contribution in [2.45, 2.75) is 58.6 Å². The van der Waals surface area contributed by atoms with Crippen LogP contribution in [-0.2, 0) is 38.6 Å². The second kappa shape index (κ2) is 20.2. The fraction of sp³-hybridized carbons (Fsp3) is 0.472. The molecule has 0 atom stereocenters. The summed E-state index contributed by atoms with van der Waals surface area (Å²) in [5.41, 5.74) is 15.2. The summed E-state index contributed by atoms with van der Waals surface area (Å²) in [6, 6.07) is 7.74. The van der Waals surface area contributed by atoms with Crippen LogP contribution in [0.5, 0.6) is 5.88 Å². The fourth-order valence-corrected chi connectivity index (χ4v) is 6.19. The number of nitrogens with one attached hydrogen (secondary N) is 1. The van der Waals surface area contributed by atoms with Crippen molar-refractivity contribution in [3.8, 4) is 17.0 Å². The van der Waals surface area contributed by atoms with Gasteiger partial charge in [-0.15, -0.1) is 0 Å². The zero-order chi connectivity index (χ0) is 41.9. The summed E-state index contributed by atoms with van der Waals surface area (Å²) in [6.07, 6.45) is -1.74. The van der Waals surface area contributed by atoms with Gasteiger partial charge in [0.05, 0.1) is 45.1 Å². The van der Waals surface area contributed by atoms with Gasteiger partial charge in [-0.3, -0.25) is 9.59 Å². The van der Waals surface area contributed by atoms with Crippen LogP contribution in [0.4, 0.5) is 24.8 Å². The highest BCUT2D eigenvalue weighted by Crippen LogP contribution is 2.30. The summed E-state index contributed by atoms with van der Waals surface area (Å²) < 4.78 is 57.9. The summed E-state index contributed by atoms with van der Waals surface area (Å²) in [4.78, 5) is 50.8. The summed E-state index contributed by atoms with van der Waals surface area (Å²) in [6.45, 7) is 7.97. The largest absolute Gasteiger partial charge is 0.542 e. The molecule has 0 unspecified atom stereocenters. The van der Waals surface area contributed by atoms with Crippen molar-refractivity contribution in [2.75, 3.05) is 65.2 Å². The van der Waals surface area contributed by atoms with Crippen LogP contribution in [0.2, 0.25) is 5.15 Å². The van der Waals surface area contributed by atoms with Crippen LogP contribution in [0.1, 0.15) is 53.4 Å². The number of anilines is 2. The number of carbonyl (C=O) groups excluding carboxylic acids is 3. The molecule has 2 amide bonds. The lowest BCUT2D eigenvalue weighted by molar-refractivity contribution is -0.676. The van der Waals surface area contributed by atoms with Crippen molar-refractivity contribution < 1.29 is 56.2 Å². The Hall–Kier alpha value is -5.31. The monoisotopic (exact) mass is 823 g/mol. The summed E-state index contributed by atoms with van der Waals surface area (Å²) >= 11 is 6.04. The molecule has 17 nitrogen and oxygen atoms in total. The van der Waals surface area contributed by atoms with Crippen LogP contribution in [0.15, 0.2) is 30.5 Å². The van der Waals surface area contributed by atoms with E-state index in [0.29, 0.717) is 64.0 Å². The van der Waals surface area contributed by atoms with E-state index in [1.165, 1.54) is 0 Å². The summed E-state index contributed by atoms with van der Waals surface area (Å²) in [7, 11) is 3.20. The number of pyridine rings is 1. The molecular formula is C36H45ClF3N9O8. The van der Waals surface area contributed by atoms with E-state index in [2.05, 4.69) is 24.8 Å².